The summed E-state index contributed by atoms with van der Waals surface area (Å²) >= 11 is 1.67. The maximum absolute atomic E-state index is 14.0. The molecule has 0 radical (unpaired) electrons. The van der Waals surface area contributed by atoms with Gasteiger partial charge in [-0.1, -0.05) is 44.9 Å². The minimum atomic E-state index is -1.82. The number of thiophene rings is 1. The van der Waals surface area contributed by atoms with Crippen LogP contribution < -0.4 is 9.47 Å². The molecule has 0 saturated carbocycles. The van der Waals surface area contributed by atoms with Gasteiger partial charge in [-0.2, -0.15) is 0 Å². The van der Waals surface area contributed by atoms with E-state index in [1.807, 2.05) is 48.5 Å². The Kier molecular flexibility index (Phi) is 18.8. The normalized spacial score (nSPS) is 12.3. The first-order chi connectivity index (χ1) is 26.4. The Hall–Kier alpha value is -5.31. The van der Waals surface area contributed by atoms with Crippen LogP contribution in [0, 0.1) is 0 Å². The molecule has 14 heteroatoms. The predicted octanol–water partition coefficient (Wildman–Crippen LogP) is 6.87. The molecule has 13 nitrogen and oxygen atoms in total. The molecule has 55 heavy (non-hydrogen) atoms. The van der Waals surface area contributed by atoms with E-state index in [-0.39, 0.29) is 5.78 Å². The van der Waals surface area contributed by atoms with Crippen LogP contribution in [0.15, 0.2) is 72.8 Å². The van der Waals surface area contributed by atoms with Crippen LogP contribution >= 0.6 is 11.3 Å². The number of carbonyl (C=O) groups excluding carboxylic acids is 1. The molecule has 4 aromatic rings. The summed E-state index contributed by atoms with van der Waals surface area (Å²) in [7, 11) is 0. The molecule has 0 aliphatic carbocycles. The van der Waals surface area contributed by atoms with E-state index < -0.39 is 23.9 Å². The fourth-order valence-electron chi connectivity index (χ4n) is 5.71. The second kappa shape index (κ2) is 23.5. The van der Waals surface area contributed by atoms with Crippen molar-refractivity contribution in [3.63, 3.8) is 0 Å². The quantitative estimate of drug-likeness (QED) is 0.0642. The SMILES string of the molecule is CCCCN(CCCC)CCOc1ccc(C(=O)c2c(-c3ccc(OCCN4CCCC4)cc3)sc3ccccc23)cc1.O=C(O)C(=O)O.O=C(O)C(=O)O. The summed E-state index contributed by atoms with van der Waals surface area (Å²) in [5.41, 5.74) is 2.47. The van der Waals surface area contributed by atoms with Gasteiger partial charge in [-0.15, -0.1) is 11.3 Å². The molecule has 4 N–H and O–H groups in total. The van der Waals surface area contributed by atoms with Crippen molar-refractivity contribution in [2.75, 3.05) is 52.5 Å². The zero-order valence-electron chi connectivity index (χ0n) is 31.3. The van der Waals surface area contributed by atoms with Crippen LogP contribution in [0.1, 0.15) is 68.3 Å². The number of ketones is 1. The van der Waals surface area contributed by atoms with E-state index in [0.29, 0.717) is 18.8 Å². The van der Waals surface area contributed by atoms with Gasteiger partial charge in [0.1, 0.15) is 24.7 Å². The second-order valence-electron chi connectivity index (χ2n) is 12.7. The number of rotatable bonds is 17. The van der Waals surface area contributed by atoms with E-state index in [1.54, 1.807) is 11.3 Å². The minimum Gasteiger partial charge on any atom is -0.492 e. The summed E-state index contributed by atoms with van der Waals surface area (Å²) in [4.78, 5) is 56.3. The number of fused-ring (bicyclic) bond motifs is 1. The van der Waals surface area contributed by atoms with Gasteiger partial charge in [0.05, 0.1) is 0 Å². The fraction of sp³-hybridized carbons (Fsp3) is 0.390. The van der Waals surface area contributed by atoms with Crippen molar-refractivity contribution in [1.82, 2.24) is 9.80 Å². The third-order valence-electron chi connectivity index (χ3n) is 8.63. The largest absolute Gasteiger partial charge is 0.492 e. The Bertz CT molecular complexity index is 1780. The number of ether oxygens (including phenoxy) is 2. The van der Waals surface area contributed by atoms with Crippen LogP contribution in [0.25, 0.3) is 20.5 Å². The van der Waals surface area contributed by atoms with Gasteiger partial charge < -0.3 is 29.9 Å². The lowest BCUT2D eigenvalue weighted by atomic mass is 9.97. The molecule has 1 aromatic heterocycles. The molecule has 0 atom stereocenters. The Balaban J connectivity index is 0.000000587. The van der Waals surface area contributed by atoms with E-state index in [9.17, 15) is 4.79 Å². The Morgan fingerprint density at radius 2 is 1.18 bits per heavy atom. The van der Waals surface area contributed by atoms with Crippen molar-refractivity contribution in [2.45, 2.75) is 52.4 Å². The number of nitrogens with zero attached hydrogens (tertiary/aromatic N) is 2. The molecule has 0 bridgehead atoms. The highest BCUT2D eigenvalue weighted by molar-refractivity contribution is 7.22. The average molecular weight is 779 g/mol. The lowest BCUT2D eigenvalue weighted by Crippen LogP contribution is -2.30. The third-order valence-corrected chi connectivity index (χ3v) is 9.85. The predicted molar refractivity (Wildman–Crippen MR) is 211 cm³/mol. The monoisotopic (exact) mass is 778 g/mol. The number of benzene rings is 3. The number of likely N-dealkylation sites (tertiary alicyclic amines) is 1. The molecule has 0 spiro atoms. The lowest BCUT2D eigenvalue weighted by molar-refractivity contribution is -0.159. The lowest BCUT2D eigenvalue weighted by Gasteiger charge is -2.22. The van der Waals surface area contributed by atoms with Crippen molar-refractivity contribution >= 4 is 51.1 Å². The average Bonchev–Trinajstić information content (AvgIpc) is 3.85. The number of carboxylic acid groups (broad SMARTS) is 4. The molecule has 0 unspecified atom stereocenters. The molecule has 0 amide bonds. The number of unbranched alkanes of at least 4 members (excludes halogenated alkanes) is 2. The van der Waals surface area contributed by atoms with Gasteiger partial charge in [0.25, 0.3) is 0 Å². The van der Waals surface area contributed by atoms with Crippen LogP contribution in [-0.2, 0) is 19.2 Å². The van der Waals surface area contributed by atoms with Gasteiger partial charge in [0.2, 0.25) is 0 Å². The van der Waals surface area contributed by atoms with Crippen LogP contribution in [0.5, 0.6) is 11.5 Å². The van der Waals surface area contributed by atoms with Gasteiger partial charge >= 0.3 is 23.9 Å². The maximum atomic E-state index is 14.0. The Labute approximate surface area is 324 Å². The Morgan fingerprint density at radius 1 is 0.673 bits per heavy atom. The molecule has 296 valence electrons. The second-order valence-corrected chi connectivity index (χ2v) is 13.7. The molecule has 1 fully saturated rings. The van der Waals surface area contributed by atoms with E-state index in [1.165, 1.54) is 51.6 Å². The summed E-state index contributed by atoms with van der Waals surface area (Å²) < 4.78 is 13.2. The summed E-state index contributed by atoms with van der Waals surface area (Å²) in [6.07, 6.45) is 7.44. The first kappa shape index (κ1) is 44.1. The summed E-state index contributed by atoms with van der Waals surface area (Å²) in [5.74, 6) is -5.59. The molecule has 3 aromatic carbocycles. The molecule has 2 heterocycles. The van der Waals surface area contributed by atoms with Crippen molar-refractivity contribution < 1.29 is 53.9 Å². The zero-order valence-corrected chi connectivity index (χ0v) is 32.1. The molecule has 1 saturated heterocycles. The molecular weight excluding hydrogens is 729 g/mol. The van der Waals surface area contributed by atoms with E-state index in [2.05, 4.69) is 47.9 Å². The summed E-state index contributed by atoms with van der Waals surface area (Å²) in [6.45, 7) is 12.3. The Morgan fingerprint density at radius 3 is 1.71 bits per heavy atom. The first-order valence-corrected chi connectivity index (χ1v) is 19.2. The minimum absolute atomic E-state index is 0.0373. The van der Waals surface area contributed by atoms with Gasteiger partial charge in [-0.3, -0.25) is 14.6 Å². The standard InChI is InChI=1S/C37H46N2O3S.2C2H2O4/c1-3-5-21-38(22-6-4-2)25-27-41-31-17-13-29(14-18-31)36(40)35-33-11-7-8-12-34(33)43-37(35)30-15-19-32(20-16-30)42-28-26-39-23-9-10-24-39;2*3-1(4)2(5)6/h7-8,11-20H,3-6,9-10,21-28H2,1-2H3;2*(H,3,4)(H,5,6). The third kappa shape index (κ3) is 14.8. The van der Waals surface area contributed by atoms with Gasteiger partial charge in [0, 0.05) is 39.2 Å². The molecule has 1 aliphatic heterocycles. The van der Waals surface area contributed by atoms with Crippen LogP contribution in [0.4, 0.5) is 0 Å². The van der Waals surface area contributed by atoms with Gasteiger partial charge in [-0.25, -0.2) is 19.2 Å². The smallest absolute Gasteiger partial charge is 0.414 e. The van der Waals surface area contributed by atoms with Crippen LogP contribution in [0.2, 0.25) is 0 Å². The first-order valence-electron chi connectivity index (χ1n) is 18.3. The van der Waals surface area contributed by atoms with Crippen molar-refractivity contribution in [2.24, 2.45) is 0 Å². The van der Waals surface area contributed by atoms with Crippen molar-refractivity contribution in [1.29, 1.82) is 0 Å². The zero-order chi connectivity index (χ0) is 40.2. The number of carboxylic acids is 4. The van der Waals surface area contributed by atoms with E-state index in [4.69, 9.17) is 49.1 Å². The highest BCUT2D eigenvalue weighted by Gasteiger charge is 2.22. The van der Waals surface area contributed by atoms with Crippen LogP contribution in [0.3, 0.4) is 0 Å². The topological polar surface area (TPSA) is 191 Å². The van der Waals surface area contributed by atoms with Crippen molar-refractivity contribution in [3.8, 4) is 21.9 Å². The fourth-order valence-corrected chi connectivity index (χ4v) is 6.92. The van der Waals surface area contributed by atoms with Crippen LogP contribution in [-0.4, -0.2) is 112 Å². The summed E-state index contributed by atoms with van der Waals surface area (Å²) in [5, 5.41) is 30.6. The number of aliphatic carboxylic acids is 4. The number of carbonyl (C=O) groups is 5. The molecule has 5 rings (SSSR count). The van der Waals surface area contributed by atoms with E-state index in [0.717, 1.165) is 63.8 Å². The highest BCUT2D eigenvalue weighted by Crippen LogP contribution is 2.40. The molecule has 1 aliphatic rings. The van der Waals surface area contributed by atoms with Gasteiger partial charge in [-0.05, 0) is 112 Å². The number of hydrogen-bond donors (Lipinski definition) is 4. The number of hydrogen-bond acceptors (Lipinski definition) is 10. The van der Waals surface area contributed by atoms with E-state index >= 15 is 0 Å². The highest BCUT2D eigenvalue weighted by atomic mass is 32.1. The van der Waals surface area contributed by atoms with Gasteiger partial charge in [0.15, 0.2) is 5.78 Å². The summed E-state index contributed by atoms with van der Waals surface area (Å²) in [6, 6.07) is 24.0. The maximum Gasteiger partial charge on any atom is 0.414 e. The molecular formula is C41H50N2O11S. The van der Waals surface area contributed by atoms with Crippen molar-refractivity contribution in [3.05, 3.63) is 83.9 Å².